The van der Waals surface area contributed by atoms with E-state index < -0.39 is 41.0 Å². The van der Waals surface area contributed by atoms with E-state index in [1.807, 2.05) is 13.8 Å². The lowest BCUT2D eigenvalue weighted by Gasteiger charge is -2.66. The van der Waals surface area contributed by atoms with Gasteiger partial charge in [-0.05, 0) is 82.6 Å². The summed E-state index contributed by atoms with van der Waals surface area (Å²) in [4.78, 5) is 12.0. The fraction of sp³-hybridized carbons (Fsp3) is 0.833. The number of ether oxygens (including phenoxy) is 4. The molecule has 3 N–H and O–H groups in total. The number of rotatable bonds is 5. The highest BCUT2D eigenvalue weighted by Crippen LogP contribution is 2.59. The van der Waals surface area contributed by atoms with Crippen LogP contribution in [0.2, 0.25) is 0 Å². The maximum atomic E-state index is 12.0. The van der Waals surface area contributed by atoms with Crippen molar-refractivity contribution in [3.05, 3.63) is 23.8 Å². The summed E-state index contributed by atoms with van der Waals surface area (Å²) in [6, 6.07) is 0. The van der Waals surface area contributed by atoms with Crippen LogP contribution >= 0.6 is 0 Å². The smallest absolute Gasteiger partial charge is 0.336 e. The molecule has 214 valence electrons. The average molecular weight is 535 g/mol. The minimum absolute atomic E-state index is 0.0624. The Bertz CT molecular complexity index is 992. The lowest BCUT2D eigenvalue weighted by atomic mass is 9.57. The monoisotopic (exact) mass is 534 g/mol. The van der Waals surface area contributed by atoms with Gasteiger partial charge in [0.1, 0.15) is 23.9 Å². The molecule has 6 fully saturated rings. The summed E-state index contributed by atoms with van der Waals surface area (Å²) in [5, 5.41) is 32.4. The molecule has 38 heavy (non-hydrogen) atoms. The van der Waals surface area contributed by atoms with E-state index in [0.717, 1.165) is 37.7 Å². The average Bonchev–Trinajstić information content (AvgIpc) is 3.13. The summed E-state index contributed by atoms with van der Waals surface area (Å²) in [6.07, 6.45) is 6.26. The molecule has 8 nitrogen and oxygen atoms in total. The second-order valence-corrected chi connectivity index (χ2v) is 13.7. The van der Waals surface area contributed by atoms with Gasteiger partial charge in [-0.25, -0.2) is 4.79 Å². The predicted molar refractivity (Wildman–Crippen MR) is 140 cm³/mol. The number of aliphatic hydroxyl groups is 3. The van der Waals surface area contributed by atoms with Crippen LogP contribution in [-0.4, -0.2) is 69.5 Å². The third-order valence-corrected chi connectivity index (χ3v) is 10.6. The lowest BCUT2D eigenvalue weighted by Crippen LogP contribution is -2.78. The fourth-order valence-corrected chi connectivity index (χ4v) is 7.98. The molecule has 8 atom stereocenters. The SMILES string of the molecule is C=C1CCC(CCC2CCC3(OC2)OC2(O)CCC3(C)OC2(C)C)C(C)(C)C1C(O)C=C1C(=O)OCC1O. The normalized spacial score (nSPS) is 45.9. The Balaban J connectivity index is 1.21. The summed E-state index contributed by atoms with van der Waals surface area (Å²) in [7, 11) is 0. The molecule has 8 heteroatoms. The molecule has 6 rings (SSSR count). The third-order valence-electron chi connectivity index (χ3n) is 10.6. The first-order valence-electron chi connectivity index (χ1n) is 14.3. The lowest BCUT2D eigenvalue weighted by molar-refractivity contribution is -0.522. The third kappa shape index (κ3) is 4.40. The minimum Gasteiger partial charge on any atom is -0.459 e. The molecule has 0 radical (unpaired) electrons. The van der Waals surface area contributed by atoms with Crippen molar-refractivity contribution in [2.24, 2.45) is 23.2 Å². The van der Waals surface area contributed by atoms with Crippen LogP contribution in [0.3, 0.4) is 0 Å². The van der Waals surface area contributed by atoms with Crippen LogP contribution in [0, 0.1) is 23.2 Å². The maximum Gasteiger partial charge on any atom is 0.336 e. The van der Waals surface area contributed by atoms with Crippen LogP contribution in [0.25, 0.3) is 0 Å². The molecule has 5 saturated heterocycles. The van der Waals surface area contributed by atoms with Crippen molar-refractivity contribution < 1.29 is 39.1 Å². The van der Waals surface area contributed by atoms with Crippen molar-refractivity contribution in [1.29, 1.82) is 0 Å². The van der Waals surface area contributed by atoms with Gasteiger partial charge < -0.3 is 34.3 Å². The number of hydrogen-bond donors (Lipinski definition) is 3. The first-order chi connectivity index (χ1) is 17.6. The topological polar surface area (TPSA) is 115 Å². The molecule has 6 aliphatic rings. The number of hydrogen-bond acceptors (Lipinski definition) is 8. The Morgan fingerprint density at radius 3 is 2.39 bits per heavy atom. The van der Waals surface area contributed by atoms with E-state index in [9.17, 15) is 20.1 Å². The first kappa shape index (κ1) is 28.2. The summed E-state index contributed by atoms with van der Waals surface area (Å²) >= 11 is 0. The zero-order chi connectivity index (χ0) is 27.7. The predicted octanol–water partition coefficient (Wildman–Crippen LogP) is 3.77. The minimum atomic E-state index is -1.34. The Hall–Kier alpha value is -1.29. The highest BCUT2D eigenvalue weighted by atomic mass is 16.8. The summed E-state index contributed by atoms with van der Waals surface area (Å²) in [6.45, 7) is 14.9. The van der Waals surface area contributed by atoms with E-state index in [-0.39, 0.29) is 23.5 Å². The highest BCUT2D eigenvalue weighted by Gasteiger charge is 2.71. The van der Waals surface area contributed by atoms with E-state index in [1.165, 1.54) is 6.08 Å². The molecule has 1 spiro atoms. The van der Waals surface area contributed by atoms with Gasteiger partial charge in [0.25, 0.3) is 0 Å². The summed E-state index contributed by atoms with van der Waals surface area (Å²) < 4.78 is 24.1. The molecule has 0 aromatic carbocycles. The molecule has 0 aromatic rings. The molecule has 5 aliphatic heterocycles. The molecule has 0 amide bonds. The summed E-state index contributed by atoms with van der Waals surface area (Å²) in [5.74, 6) is -2.29. The quantitative estimate of drug-likeness (QED) is 0.277. The zero-order valence-electron chi connectivity index (χ0n) is 23.6. The molecule has 5 heterocycles. The van der Waals surface area contributed by atoms with Gasteiger partial charge in [0.05, 0.1) is 18.3 Å². The number of esters is 1. The van der Waals surface area contributed by atoms with E-state index in [2.05, 4.69) is 27.4 Å². The molecular formula is C30H46O8. The molecule has 2 bridgehead atoms. The van der Waals surface area contributed by atoms with Crippen LogP contribution < -0.4 is 0 Å². The number of carbonyl (C=O) groups is 1. The van der Waals surface area contributed by atoms with Gasteiger partial charge in [-0.3, -0.25) is 0 Å². The largest absolute Gasteiger partial charge is 0.459 e. The van der Waals surface area contributed by atoms with E-state index in [0.29, 0.717) is 37.7 Å². The van der Waals surface area contributed by atoms with Crippen LogP contribution in [0.1, 0.15) is 86.0 Å². The Kier molecular flexibility index (Phi) is 6.98. The van der Waals surface area contributed by atoms with Gasteiger partial charge in [0, 0.05) is 18.8 Å². The maximum absolute atomic E-state index is 12.0. The molecular weight excluding hydrogens is 488 g/mol. The Labute approximate surface area is 226 Å². The van der Waals surface area contributed by atoms with Gasteiger partial charge in [-0.1, -0.05) is 26.0 Å². The van der Waals surface area contributed by atoms with Crippen molar-refractivity contribution >= 4 is 5.97 Å². The van der Waals surface area contributed by atoms with Crippen molar-refractivity contribution in [3.8, 4) is 0 Å². The Morgan fingerprint density at radius 1 is 1.05 bits per heavy atom. The van der Waals surface area contributed by atoms with Gasteiger partial charge in [0.15, 0.2) is 5.79 Å². The molecule has 0 aromatic heterocycles. The number of cyclic esters (lactones) is 1. The van der Waals surface area contributed by atoms with Crippen molar-refractivity contribution in [2.75, 3.05) is 13.2 Å². The molecule has 8 unspecified atom stereocenters. The van der Waals surface area contributed by atoms with Crippen molar-refractivity contribution in [3.63, 3.8) is 0 Å². The van der Waals surface area contributed by atoms with Crippen LogP contribution in [0.4, 0.5) is 0 Å². The van der Waals surface area contributed by atoms with E-state index in [4.69, 9.17) is 18.9 Å². The number of carbonyl (C=O) groups excluding carboxylic acids is 1. The van der Waals surface area contributed by atoms with Gasteiger partial charge in [0.2, 0.25) is 5.79 Å². The second-order valence-electron chi connectivity index (χ2n) is 13.7. The zero-order valence-corrected chi connectivity index (χ0v) is 23.6. The molecule has 1 aliphatic carbocycles. The second kappa shape index (κ2) is 9.38. The van der Waals surface area contributed by atoms with Crippen LogP contribution in [0.5, 0.6) is 0 Å². The number of fused-ring (bicyclic) bond motifs is 2. The highest BCUT2D eigenvalue weighted by molar-refractivity contribution is 5.91. The van der Waals surface area contributed by atoms with Crippen molar-refractivity contribution in [2.45, 2.75) is 121 Å². The fourth-order valence-electron chi connectivity index (χ4n) is 7.98. The summed E-state index contributed by atoms with van der Waals surface area (Å²) in [5.41, 5.74) is -0.485. The Morgan fingerprint density at radius 2 is 1.79 bits per heavy atom. The van der Waals surface area contributed by atoms with Crippen molar-refractivity contribution in [1.82, 2.24) is 0 Å². The number of aliphatic hydroxyl groups excluding tert-OH is 2. The van der Waals surface area contributed by atoms with Crippen LogP contribution in [0.15, 0.2) is 23.8 Å². The van der Waals surface area contributed by atoms with Gasteiger partial charge >= 0.3 is 5.97 Å². The van der Waals surface area contributed by atoms with E-state index in [1.54, 1.807) is 0 Å². The molecule has 1 saturated carbocycles. The van der Waals surface area contributed by atoms with Gasteiger partial charge in [-0.2, -0.15) is 0 Å². The van der Waals surface area contributed by atoms with Crippen LogP contribution in [-0.2, 0) is 23.7 Å². The van der Waals surface area contributed by atoms with E-state index >= 15 is 0 Å². The van der Waals surface area contributed by atoms with Gasteiger partial charge in [-0.15, -0.1) is 0 Å². The first-order valence-corrected chi connectivity index (χ1v) is 14.3. The standard InChI is InChI=1S/C30H46O8/c1-18-7-9-20(26(2,3)24(18)22(31)15-21-23(32)17-35-25(21)33)10-8-19-11-12-30(36-16-19)28(6)13-14-29(34,38-30)27(4,5)37-28/h15,19-20,22-24,31-32,34H,1,7-14,16-17H2,2-6H3.